The zero-order valence-electron chi connectivity index (χ0n) is 10.5. The number of aryl methyl sites for hydroxylation is 2. The topological polar surface area (TPSA) is 69.1 Å². The summed E-state index contributed by atoms with van der Waals surface area (Å²) in [6.07, 6.45) is 1.44. The van der Waals surface area contributed by atoms with E-state index in [2.05, 4.69) is 20.1 Å². The maximum atomic E-state index is 6.10. The van der Waals surface area contributed by atoms with Gasteiger partial charge >= 0.3 is 0 Å². The first-order valence-electron chi connectivity index (χ1n) is 5.54. The van der Waals surface area contributed by atoms with Gasteiger partial charge in [-0.1, -0.05) is 11.6 Å². The Labute approximate surface area is 118 Å². The summed E-state index contributed by atoms with van der Waals surface area (Å²) < 4.78 is 7.19. The van der Waals surface area contributed by atoms with Crippen LogP contribution in [0.15, 0.2) is 21.0 Å². The van der Waals surface area contributed by atoms with Crippen LogP contribution in [0.25, 0.3) is 5.78 Å². The van der Waals surface area contributed by atoms with Gasteiger partial charge in [-0.25, -0.2) is 4.98 Å². The molecular formula is C11H10ClN5OS. The number of hydrogen-bond donors (Lipinski definition) is 0. The molecule has 3 rings (SSSR count). The van der Waals surface area contributed by atoms with Crippen molar-refractivity contribution >= 4 is 29.1 Å². The molecule has 0 amide bonds. The van der Waals surface area contributed by atoms with Crippen LogP contribution in [0.4, 0.5) is 0 Å². The van der Waals surface area contributed by atoms with Gasteiger partial charge < -0.3 is 4.42 Å². The zero-order valence-corrected chi connectivity index (χ0v) is 12.1. The first-order chi connectivity index (χ1) is 9.06. The van der Waals surface area contributed by atoms with E-state index in [9.17, 15) is 0 Å². The second kappa shape index (κ2) is 4.50. The highest BCUT2D eigenvalue weighted by atomic mass is 35.5. The second-order valence-electron chi connectivity index (χ2n) is 4.03. The SMILES string of the molecule is Cc1nc(Sc2c(C)c(Cl)nc3ncnn23)oc1C. The Hall–Kier alpha value is -1.60. The molecule has 0 fully saturated rings. The third-order valence-corrected chi connectivity index (χ3v) is 4.13. The molecule has 0 aliphatic carbocycles. The first kappa shape index (κ1) is 12.4. The van der Waals surface area contributed by atoms with Crippen LogP contribution >= 0.6 is 23.4 Å². The maximum Gasteiger partial charge on any atom is 0.262 e. The molecule has 3 heterocycles. The molecule has 0 bridgehead atoms. The van der Waals surface area contributed by atoms with Gasteiger partial charge in [0.25, 0.3) is 11.0 Å². The maximum absolute atomic E-state index is 6.10. The molecule has 0 N–H and O–H groups in total. The molecule has 0 atom stereocenters. The van der Waals surface area contributed by atoms with Crippen LogP contribution in [0.3, 0.4) is 0 Å². The van der Waals surface area contributed by atoms with E-state index in [0.717, 1.165) is 22.0 Å². The molecule has 98 valence electrons. The van der Waals surface area contributed by atoms with E-state index in [1.54, 1.807) is 4.52 Å². The van der Waals surface area contributed by atoms with Gasteiger partial charge in [-0.2, -0.15) is 19.6 Å². The number of hydrogen-bond acceptors (Lipinski definition) is 6. The summed E-state index contributed by atoms with van der Waals surface area (Å²) in [5, 5.41) is 5.90. The quantitative estimate of drug-likeness (QED) is 0.677. The first-order valence-corrected chi connectivity index (χ1v) is 6.73. The average Bonchev–Trinajstić information content (AvgIpc) is 2.93. The number of rotatable bonds is 2. The molecule has 0 aromatic carbocycles. The summed E-state index contributed by atoms with van der Waals surface area (Å²) in [5.41, 5.74) is 1.69. The second-order valence-corrected chi connectivity index (χ2v) is 5.33. The van der Waals surface area contributed by atoms with Crippen molar-refractivity contribution in [2.75, 3.05) is 0 Å². The molecule has 3 aromatic rings. The zero-order chi connectivity index (χ0) is 13.6. The fourth-order valence-corrected chi connectivity index (χ4v) is 2.76. The Morgan fingerprint density at radius 2 is 2.05 bits per heavy atom. The van der Waals surface area contributed by atoms with Gasteiger partial charge in [0.15, 0.2) is 0 Å². The van der Waals surface area contributed by atoms with Crippen molar-refractivity contribution in [1.82, 2.24) is 24.6 Å². The van der Waals surface area contributed by atoms with E-state index < -0.39 is 0 Å². The average molecular weight is 296 g/mol. The van der Waals surface area contributed by atoms with Gasteiger partial charge in [0.2, 0.25) is 0 Å². The standard InChI is InChI=1S/C11H10ClN5OS/c1-5-8(12)16-10-13-4-14-17(10)9(5)19-11-15-6(2)7(3)18-11/h4H,1-3H3. The van der Waals surface area contributed by atoms with Gasteiger partial charge in [-0.05, 0) is 32.5 Å². The minimum absolute atomic E-state index is 0.406. The number of nitrogens with zero attached hydrogens (tertiary/aromatic N) is 5. The Kier molecular flexibility index (Phi) is 2.94. The van der Waals surface area contributed by atoms with E-state index in [1.165, 1.54) is 18.1 Å². The van der Waals surface area contributed by atoms with Crippen molar-refractivity contribution < 1.29 is 4.42 Å². The molecule has 8 heteroatoms. The van der Waals surface area contributed by atoms with Crippen molar-refractivity contribution in [1.29, 1.82) is 0 Å². The van der Waals surface area contributed by atoms with Crippen molar-refractivity contribution in [3.05, 3.63) is 28.5 Å². The fraction of sp³-hybridized carbons (Fsp3) is 0.273. The number of halogens is 1. The summed E-state index contributed by atoms with van der Waals surface area (Å²) >= 11 is 7.45. The summed E-state index contributed by atoms with van der Waals surface area (Å²) in [5.74, 6) is 1.26. The van der Waals surface area contributed by atoms with Gasteiger partial charge in [0.05, 0.1) is 5.69 Å². The summed E-state index contributed by atoms with van der Waals surface area (Å²) in [6.45, 7) is 5.66. The largest absolute Gasteiger partial charge is 0.436 e. The lowest BCUT2D eigenvalue weighted by atomic mass is 10.4. The third kappa shape index (κ3) is 2.08. The number of fused-ring (bicyclic) bond motifs is 1. The van der Waals surface area contributed by atoms with Crippen molar-refractivity contribution in [3.8, 4) is 0 Å². The van der Waals surface area contributed by atoms with Gasteiger partial charge in [0, 0.05) is 5.56 Å². The molecule has 3 aromatic heterocycles. The summed E-state index contributed by atoms with van der Waals surface area (Å²) in [7, 11) is 0. The minimum atomic E-state index is 0.406. The molecule has 0 unspecified atom stereocenters. The van der Waals surface area contributed by atoms with E-state index >= 15 is 0 Å². The van der Waals surface area contributed by atoms with E-state index in [0.29, 0.717) is 16.2 Å². The molecular weight excluding hydrogens is 286 g/mol. The Morgan fingerprint density at radius 3 is 2.74 bits per heavy atom. The summed E-state index contributed by atoms with van der Waals surface area (Å²) in [6, 6.07) is 0. The highest BCUT2D eigenvalue weighted by Crippen LogP contribution is 2.32. The van der Waals surface area contributed by atoms with Gasteiger partial charge in [-0.3, -0.25) is 0 Å². The summed E-state index contributed by atoms with van der Waals surface area (Å²) in [4.78, 5) is 12.5. The van der Waals surface area contributed by atoms with Crippen LogP contribution in [0.2, 0.25) is 5.15 Å². The molecule has 19 heavy (non-hydrogen) atoms. The van der Waals surface area contributed by atoms with Crippen LogP contribution in [-0.4, -0.2) is 24.6 Å². The van der Waals surface area contributed by atoms with Crippen LogP contribution in [0, 0.1) is 20.8 Å². The third-order valence-electron chi connectivity index (χ3n) is 2.74. The lowest BCUT2D eigenvalue weighted by Crippen LogP contribution is -1.99. The molecule has 0 spiro atoms. The highest BCUT2D eigenvalue weighted by molar-refractivity contribution is 7.99. The van der Waals surface area contributed by atoms with E-state index in [4.69, 9.17) is 16.0 Å². The molecule has 0 radical (unpaired) electrons. The Bertz CT molecular complexity index is 746. The Balaban J connectivity index is 2.13. The van der Waals surface area contributed by atoms with E-state index in [1.807, 2.05) is 20.8 Å². The highest BCUT2D eigenvalue weighted by Gasteiger charge is 2.16. The molecule has 0 saturated heterocycles. The van der Waals surface area contributed by atoms with Crippen molar-refractivity contribution in [2.45, 2.75) is 31.0 Å². The monoisotopic (exact) mass is 295 g/mol. The predicted molar refractivity (Wildman–Crippen MR) is 70.6 cm³/mol. The lowest BCUT2D eigenvalue weighted by Gasteiger charge is -2.06. The van der Waals surface area contributed by atoms with E-state index in [-0.39, 0.29) is 0 Å². The predicted octanol–water partition coefficient (Wildman–Crippen LogP) is 2.84. The van der Waals surface area contributed by atoms with Crippen LogP contribution in [0.1, 0.15) is 17.0 Å². The number of aromatic nitrogens is 5. The molecule has 0 aliphatic rings. The fourth-order valence-electron chi connectivity index (χ4n) is 1.56. The Morgan fingerprint density at radius 1 is 1.26 bits per heavy atom. The van der Waals surface area contributed by atoms with Crippen LogP contribution in [-0.2, 0) is 0 Å². The molecule has 6 nitrogen and oxygen atoms in total. The van der Waals surface area contributed by atoms with Gasteiger partial charge in [-0.15, -0.1) is 0 Å². The number of oxazole rings is 1. The van der Waals surface area contributed by atoms with Crippen LogP contribution < -0.4 is 0 Å². The van der Waals surface area contributed by atoms with Crippen molar-refractivity contribution in [3.63, 3.8) is 0 Å². The van der Waals surface area contributed by atoms with Gasteiger partial charge in [0.1, 0.15) is 22.3 Å². The smallest absolute Gasteiger partial charge is 0.262 e. The van der Waals surface area contributed by atoms with Crippen molar-refractivity contribution in [2.24, 2.45) is 0 Å². The molecule has 0 saturated carbocycles. The van der Waals surface area contributed by atoms with Crippen LogP contribution in [0.5, 0.6) is 0 Å². The minimum Gasteiger partial charge on any atom is -0.436 e. The lowest BCUT2D eigenvalue weighted by molar-refractivity contribution is 0.430. The molecule has 0 aliphatic heterocycles. The normalized spacial score (nSPS) is 11.4.